The van der Waals surface area contributed by atoms with Crippen molar-refractivity contribution in [2.45, 2.75) is 56.4 Å². The van der Waals surface area contributed by atoms with Crippen molar-refractivity contribution in [2.24, 2.45) is 0 Å². The molecule has 8 nitrogen and oxygen atoms in total. The number of hydrogen-bond acceptors (Lipinski definition) is 6. The molecule has 3 rings (SSSR count). The van der Waals surface area contributed by atoms with Crippen molar-refractivity contribution in [2.75, 3.05) is 23.3 Å². The minimum absolute atomic E-state index is 0. The number of hydrogen-bond donors (Lipinski definition) is 1. The van der Waals surface area contributed by atoms with Gasteiger partial charge in [-0.1, -0.05) is 13.3 Å². The number of anilines is 2. The topological polar surface area (TPSA) is 123 Å². The standard InChI is InChI=1S/C23H26F4N2O4S.2H2O.H2/c1-5-6-15-13-29(34-16-8-9-17(24)20(12-16)31-4)18-11-14(7-10-19(18)32-15)28-21(30)33-22(2,3)23(25,26)27;;;/h7-12,15H,5-6,13H2,1-4H3,(H,28,30);2*1H2;1H/t15-;;;/m0.../s1. The van der Waals surface area contributed by atoms with E-state index in [2.05, 4.69) is 10.1 Å². The molecule has 1 aliphatic rings. The fraction of sp³-hybridized carbons (Fsp3) is 0.435. The maximum atomic E-state index is 13.8. The molecule has 1 aliphatic heterocycles. The third kappa shape index (κ3) is 7.31. The van der Waals surface area contributed by atoms with E-state index in [0.29, 0.717) is 22.9 Å². The second kappa shape index (κ2) is 12.4. The molecule has 0 aromatic heterocycles. The molecule has 204 valence electrons. The highest BCUT2D eigenvalue weighted by Gasteiger charge is 2.51. The highest BCUT2D eigenvalue weighted by Crippen LogP contribution is 2.42. The lowest BCUT2D eigenvalue weighted by molar-refractivity contribution is -0.242. The van der Waals surface area contributed by atoms with Gasteiger partial charge in [-0.3, -0.25) is 5.32 Å². The van der Waals surface area contributed by atoms with Crippen molar-refractivity contribution >= 4 is 29.4 Å². The van der Waals surface area contributed by atoms with Gasteiger partial charge in [-0.15, -0.1) is 0 Å². The number of carbonyl (C=O) groups excluding carboxylic acids is 1. The van der Waals surface area contributed by atoms with Gasteiger partial charge in [0, 0.05) is 12.0 Å². The molecule has 2 aromatic rings. The van der Waals surface area contributed by atoms with E-state index < -0.39 is 23.7 Å². The van der Waals surface area contributed by atoms with Crippen LogP contribution in [-0.2, 0) is 4.74 Å². The summed E-state index contributed by atoms with van der Waals surface area (Å²) in [5, 5.41) is 2.34. The summed E-state index contributed by atoms with van der Waals surface area (Å²) >= 11 is 1.33. The molecule has 0 saturated heterocycles. The van der Waals surface area contributed by atoms with Crippen LogP contribution in [0, 0.1) is 5.82 Å². The zero-order valence-electron chi connectivity index (χ0n) is 20.2. The van der Waals surface area contributed by atoms with E-state index in [1.807, 2.05) is 11.2 Å². The molecule has 1 heterocycles. The first kappa shape index (κ1) is 31.1. The number of rotatable bonds is 7. The Labute approximate surface area is 212 Å². The molecule has 2 aromatic carbocycles. The van der Waals surface area contributed by atoms with Crippen LogP contribution >= 0.6 is 11.9 Å². The van der Waals surface area contributed by atoms with Gasteiger partial charge >= 0.3 is 12.3 Å². The summed E-state index contributed by atoms with van der Waals surface area (Å²) in [6.45, 7) is 4.09. The van der Waals surface area contributed by atoms with Gasteiger partial charge in [0.1, 0.15) is 11.9 Å². The van der Waals surface area contributed by atoms with Crippen LogP contribution in [0.3, 0.4) is 0 Å². The van der Waals surface area contributed by atoms with Crippen molar-refractivity contribution in [3.8, 4) is 11.5 Å². The summed E-state index contributed by atoms with van der Waals surface area (Å²) in [6.07, 6.45) is -4.33. The van der Waals surface area contributed by atoms with E-state index in [1.54, 1.807) is 24.3 Å². The Morgan fingerprint density at radius 1 is 1.22 bits per heavy atom. The molecule has 0 bridgehead atoms. The van der Waals surface area contributed by atoms with Gasteiger partial charge in [-0.25, -0.2) is 9.18 Å². The van der Waals surface area contributed by atoms with Crippen LogP contribution in [0.15, 0.2) is 41.3 Å². The Balaban J connectivity index is 0.00000432. The lowest BCUT2D eigenvalue weighted by Crippen LogP contribution is -2.44. The molecular weight excluding hydrogens is 508 g/mol. The van der Waals surface area contributed by atoms with Crippen molar-refractivity contribution < 1.29 is 48.9 Å². The minimum atomic E-state index is -4.72. The highest BCUT2D eigenvalue weighted by atomic mass is 32.2. The average molecular weight is 541 g/mol. The monoisotopic (exact) mass is 540 g/mol. The summed E-state index contributed by atoms with van der Waals surface area (Å²) < 4.78 is 70.5. The summed E-state index contributed by atoms with van der Waals surface area (Å²) in [5.74, 6) is 0.180. The average Bonchev–Trinajstić information content (AvgIpc) is 2.74. The molecule has 0 saturated carbocycles. The number of ether oxygens (including phenoxy) is 3. The molecule has 1 atom stereocenters. The van der Waals surface area contributed by atoms with Crippen LogP contribution < -0.4 is 19.1 Å². The molecule has 13 heteroatoms. The Bertz CT molecular complexity index is 1040. The van der Waals surface area contributed by atoms with Gasteiger partial charge in [-0.2, -0.15) is 13.2 Å². The van der Waals surface area contributed by atoms with Gasteiger partial charge in [0.2, 0.25) is 5.60 Å². The smallest absolute Gasteiger partial charge is 0.427 e. The largest absolute Gasteiger partial charge is 0.494 e. The van der Waals surface area contributed by atoms with Crippen LogP contribution in [0.1, 0.15) is 35.0 Å². The van der Waals surface area contributed by atoms with Crippen molar-refractivity contribution in [1.29, 1.82) is 0 Å². The number of benzene rings is 2. The molecule has 0 spiro atoms. The predicted molar refractivity (Wildman–Crippen MR) is 132 cm³/mol. The number of methoxy groups -OCH3 is 1. The zero-order valence-corrected chi connectivity index (χ0v) is 21.0. The summed E-state index contributed by atoms with van der Waals surface area (Å²) in [5.41, 5.74) is -1.80. The fourth-order valence-corrected chi connectivity index (χ4v) is 4.23. The number of alkyl halides is 3. The summed E-state index contributed by atoms with van der Waals surface area (Å²) in [4.78, 5) is 12.8. The first-order valence-corrected chi connectivity index (χ1v) is 11.4. The van der Waals surface area contributed by atoms with Gasteiger partial charge in [0.05, 0.1) is 19.3 Å². The Morgan fingerprint density at radius 3 is 2.53 bits per heavy atom. The fourth-order valence-electron chi connectivity index (χ4n) is 3.21. The van der Waals surface area contributed by atoms with E-state index in [4.69, 9.17) is 9.47 Å². The van der Waals surface area contributed by atoms with Crippen LogP contribution in [0.25, 0.3) is 0 Å². The number of nitrogens with one attached hydrogen (secondary N) is 1. The highest BCUT2D eigenvalue weighted by molar-refractivity contribution is 8.00. The van der Waals surface area contributed by atoms with Crippen LogP contribution in [0.4, 0.5) is 33.7 Å². The zero-order chi connectivity index (χ0) is 25.1. The van der Waals surface area contributed by atoms with Crippen LogP contribution in [0.5, 0.6) is 11.5 Å². The van der Waals surface area contributed by atoms with E-state index >= 15 is 0 Å². The first-order chi connectivity index (χ1) is 15.9. The van der Waals surface area contributed by atoms with E-state index in [1.165, 1.54) is 31.2 Å². The number of amides is 1. The lowest BCUT2D eigenvalue weighted by atomic mass is 10.1. The first-order valence-electron chi connectivity index (χ1n) is 10.6. The second-order valence-corrected chi connectivity index (χ2v) is 9.28. The molecule has 0 radical (unpaired) electrons. The molecule has 0 unspecified atom stereocenters. The Kier molecular flexibility index (Phi) is 10.7. The van der Waals surface area contributed by atoms with E-state index in [-0.39, 0.29) is 29.9 Å². The van der Waals surface area contributed by atoms with Crippen molar-refractivity contribution in [1.82, 2.24) is 0 Å². The minimum Gasteiger partial charge on any atom is -0.494 e. The Morgan fingerprint density at radius 2 is 1.92 bits per heavy atom. The summed E-state index contributed by atoms with van der Waals surface area (Å²) in [6, 6.07) is 9.25. The van der Waals surface area contributed by atoms with Gasteiger partial charge < -0.3 is 29.5 Å². The number of carbonyl (C=O) groups is 1. The van der Waals surface area contributed by atoms with Crippen molar-refractivity contribution in [3.05, 3.63) is 42.2 Å². The van der Waals surface area contributed by atoms with Gasteiger partial charge in [0.25, 0.3) is 0 Å². The molecule has 5 N–H and O–H groups in total. The van der Waals surface area contributed by atoms with E-state index in [0.717, 1.165) is 26.7 Å². The number of fused-ring (bicyclic) bond motifs is 1. The predicted octanol–water partition coefficient (Wildman–Crippen LogP) is 5.40. The molecule has 0 aliphatic carbocycles. The Hall–Kier alpha value is -2.90. The van der Waals surface area contributed by atoms with Crippen molar-refractivity contribution in [3.63, 3.8) is 0 Å². The third-order valence-corrected chi connectivity index (χ3v) is 6.15. The molecule has 36 heavy (non-hydrogen) atoms. The van der Waals surface area contributed by atoms with E-state index in [9.17, 15) is 22.4 Å². The number of halogens is 4. The number of nitrogens with zero attached hydrogens (tertiary/aromatic N) is 1. The van der Waals surface area contributed by atoms with Gasteiger partial charge in [0.15, 0.2) is 11.6 Å². The maximum Gasteiger partial charge on any atom is 0.427 e. The quantitative estimate of drug-likeness (QED) is 0.371. The lowest BCUT2D eigenvalue weighted by Gasteiger charge is -2.35. The molecule has 1 amide bonds. The second-order valence-electron chi connectivity index (χ2n) is 8.18. The van der Waals surface area contributed by atoms with Gasteiger partial charge in [-0.05, 0) is 68.6 Å². The van der Waals surface area contributed by atoms with Crippen LogP contribution in [-0.4, -0.2) is 48.6 Å². The molecule has 0 fully saturated rings. The van der Waals surface area contributed by atoms with Crippen LogP contribution in [0.2, 0.25) is 0 Å². The SMILES string of the molecule is CCC[C@H]1CN(Sc2ccc(F)c(OC)c2)c2cc(NC(=O)OC(C)(C)C(F)(F)F)ccc2O1.O.O.[HH]. The summed E-state index contributed by atoms with van der Waals surface area (Å²) in [7, 11) is 1.38. The normalized spacial score (nSPS) is 15.0. The third-order valence-electron chi connectivity index (χ3n) is 5.12. The maximum absolute atomic E-state index is 13.8. The molecular formula is C23H32F4N2O6S.